The normalized spacial score (nSPS) is 11.5. The highest BCUT2D eigenvalue weighted by atomic mass is 35.5. The van der Waals surface area contributed by atoms with Crippen molar-refractivity contribution in [2.45, 2.75) is 44.1 Å². The third kappa shape index (κ3) is 4.55. The Hall–Kier alpha value is -2.33. The average Bonchev–Trinajstić information content (AvgIpc) is 3.35. The lowest BCUT2D eigenvalue weighted by Gasteiger charge is -2.05. The molecule has 0 spiro atoms. The van der Waals surface area contributed by atoms with Gasteiger partial charge < -0.3 is 9.63 Å². The minimum absolute atomic E-state index is 0.00834. The van der Waals surface area contributed by atoms with Crippen molar-refractivity contribution in [3.8, 4) is 27.5 Å². The van der Waals surface area contributed by atoms with Gasteiger partial charge in [-0.3, -0.25) is 0 Å². The van der Waals surface area contributed by atoms with Gasteiger partial charge in [0.25, 0.3) is 0 Å². The maximum absolute atomic E-state index is 12.4. The standard InChI is InChI=1S/C22H20Cl2N4O3S2/c1-9(2)32-21-18(16-11(4)27-31-12(16)5)25-22(33-21)28-19(20(29)30)17(10(3)26-28)13-6-14(23)8-15(24)7-13/h6-9H,1-5H3,(H,29,30). The highest BCUT2D eigenvalue weighted by Gasteiger charge is 2.28. The molecule has 33 heavy (non-hydrogen) atoms. The van der Waals surface area contributed by atoms with Crippen LogP contribution in [-0.4, -0.2) is 36.2 Å². The monoisotopic (exact) mass is 522 g/mol. The number of halogens is 2. The molecule has 0 aliphatic heterocycles. The molecule has 0 saturated heterocycles. The molecule has 0 radical (unpaired) electrons. The number of benzene rings is 1. The average molecular weight is 523 g/mol. The van der Waals surface area contributed by atoms with Crippen molar-refractivity contribution in [2.75, 3.05) is 0 Å². The third-order valence-electron chi connectivity index (χ3n) is 4.79. The first kappa shape index (κ1) is 23.8. The van der Waals surface area contributed by atoms with E-state index < -0.39 is 5.97 Å². The van der Waals surface area contributed by atoms with Crippen molar-refractivity contribution in [3.05, 3.63) is 51.1 Å². The van der Waals surface area contributed by atoms with Crippen LogP contribution < -0.4 is 0 Å². The zero-order chi connectivity index (χ0) is 24.0. The van der Waals surface area contributed by atoms with Crippen molar-refractivity contribution >= 4 is 52.3 Å². The Labute approximate surface area is 208 Å². The number of thioether (sulfide) groups is 1. The van der Waals surface area contributed by atoms with E-state index in [-0.39, 0.29) is 5.69 Å². The predicted molar refractivity (Wildman–Crippen MR) is 132 cm³/mol. The topological polar surface area (TPSA) is 94.0 Å². The fraction of sp³-hybridized carbons (Fsp3) is 0.273. The van der Waals surface area contributed by atoms with Crippen molar-refractivity contribution in [1.82, 2.24) is 19.9 Å². The SMILES string of the molecule is Cc1noc(C)c1-c1nc(-n2nc(C)c(-c3cc(Cl)cc(Cl)c3)c2C(=O)O)sc1SC(C)C. The molecule has 1 N–H and O–H groups in total. The molecule has 0 atom stereocenters. The lowest BCUT2D eigenvalue weighted by Crippen LogP contribution is -2.09. The Kier molecular flexibility index (Phi) is 6.59. The number of aromatic carboxylic acids is 1. The van der Waals surface area contributed by atoms with Gasteiger partial charge in [0.15, 0.2) is 5.69 Å². The van der Waals surface area contributed by atoms with E-state index in [1.807, 2.05) is 13.8 Å². The molecule has 0 aliphatic rings. The first-order valence-electron chi connectivity index (χ1n) is 9.97. The van der Waals surface area contributed by atoms with Crippen molar-refractivity contribution < 1.29 is 14.4 Å². The van der Waals surface area contributed by atoms with Crippen LogP contribution in [0.15, 0.2) is 26.9 Å². The quantitative estimate of drug-likeness (QED) is 0.270. The highest BCUT2D eigenvalue weighted by Crippen LogP contribution is 2.42. The Bertz CT molecular complexity index is 1330. The number of carboxylic acid groups (broad SMARTS) is 1. The molecular weight excluding hydrogens is 503 g/mol. The van der Waals surface area contributed by atoms with Crippen LogP contribution in [0.3, 0.4) is 0 Å². The largest absolute Gasteiger partial charge is 0.476 e. The van der Waals surface area contributed by atoms with Crippen LogP contribution in [0, 0.1) is 20.8 Å². The molecule has 172 valence electrons. The van der Waals surface area contributed by atoms with E-state index in [1.54, 1.807) is 36.9 Å². The number of nitrogens with zero attached hydrogens (tertiary/aromatic N) is 4. The second-order valence-electron chi connectivity index (χ2n) is 7.68. The summed E-state index contributed by atoms with van der Waals surface area (Å²) in [6.07, 6.45) is 0. The van der Waals surface area contributed by atoms with Crippen LogP contribution in [0.25, 0.3) is 27.5 Å². The zero-order valence-electron chi connectivity index (χ0n) is 18.4. The third-order valence-corrected chi connectivity index (χ3v) is 7.47. The molecule has 0 aliphatic carbocycles. The lowest BCUT2D eigenvalue weighted by molar-refractivity contribution is 0.0688. The molecule has 0 fully saturated rings. The number of carboxylic acids is 1. The van der Waals surface area contributed by atoms with Gasteiger partial charge in [0.1, 0.15) is 11.5 Å². The summed E-state index contributed by atoms with van der Waals surface area (Å²) in [6, 6.07) is 4.94. The van der Waals surface area contributed by atoms with Gasteiger partial charge in [-0.15, -0.1) is 11.8 Å². The second-order valence-corrected chi connectivity index (χ2v) is 11.4. The van der Waals surface area contributed by atoms with E-state index >= 15 is 0 Å². The molecule has 7 nitrogen and oxygen atoms in total. The molecule has 0 unspecified atom stereocenters. The summed E-state index contributed by atoms with van der Waals surface area (Å²) in [6.45, 7) is 9.61. The number of aryl methyl sites for hydroxylation is 3. The van der Waals surface area contributed by atoms with Crippen molar-refractivity contribution in [3.63, 3.8) is 0 Å². The van der Waals surface area contributed by atoms with E-state index in [0.29, 0.717) is 48.7 Å². The van der Waals surface area contributed by atoms with Crippen LogP contribution in [0.1, 0.15) is 41.5 Å². The van der Waals surface area contributed by atoms with E-state index in [4.69, 9.17) is 32.7 Å². The Morgan fingerprint density at radius 3 is 2.33 bits per heavy atom. The lowest BCUT2D eigenvalue weighted by atomic mass is 10.0. The van der Waals surface area contributed by atoms with Gasteiger partial charge in [-0.1, -0.05) is 53.5 Å². The van der Waals surface area contributed by atoms with Crippen molar-refractivity contribution in [2.24, 2.45) is 0 Å². The number of hydrogen-bond donors (Lipinski definition) is 1. The van der Waals surface area contributed by atoms with E-state index in [9.17, 15) is 9.90 Å². The molecule has 0 saturated carbocycles. The van der Waals surface area contributed by atoms with E-state index in [0.717, 1.165) is 15.5 Å². The number of carbonyl (C=O) groups is 1. The predicted octanol–water partition coefficient (Wildman–Crippen LogP) is 7.08. The minimum atomic E-state index is -1.13. The van der Waals surface area contributed by atoms with Gasteiger partial charge in [0.05, 0.1) is 21.2 Å². The molecule has 4 rings (SSSR count). The van der Waals surface area contributed by atoms with E-state index in [2.05, 4.69) is 24.1 Å². The van der Waals surface area contributed by atoms with Gasteiger partial charge >= 0.3 is 5.97 Å². The molecule has 0 bridgehead atoms. The minimum Gasteiger partial charge on any atom is -0.476 e. The van der Waals surface area contributed by atoms with Gasteiger partial charge in [-0.25, -0.2) is 9.78 Å². The molecule has 0 amide bonds. The summed E-state index contributed by atoms with van der Waals surface area (Å²) in [5.74, 6) is -0.479. The first-order chi connectivity index (χ1) is 15.6. The Morgan fingerprint density at radius 1 is 1.12 bits per heavy atom. The van der Waals surface area contributed by atoms with Gasteiger partial charge in [-0.05, 0) is 44.5 Å². The number of hydrogen-bond acceptors (Lipinski definition) is 7. The van der Waals surface area contributed by atoms with Crippen molar-refractivity contribution in [1.29, 1.82) is 0 Å². The molecular formula is C22H20Cl2N4O3S2. The summed E-state index contributed by atoms with van der Waals surface area (Å²) in [5.41, 5.74) is 3.78. The van der Waals surface area contributed by atoms with Crippen LogP contribution >= 0.6 is 46.3 Å². The summed E-state index contributed by atoms with van der Waals surface area (Å²) in [4.78, 5) is 17.2. The Balaban J connectivity index is 1.96. The number of rotatable bonds is 6. The maximum Gasteiger partial charge on any atom is 0.355 e. The Morgan fingerprint density at radius 2 is 1.79 bits per heavy atom. The number of thiazole rings is 1. The van der Waals surface area contributed by atoms with Crippen LogP contribution in [0.2, 0.25) is 10.0 Å². The fourth-order valence-electron chi connectivity index (χ4n) is 3.57. The van der Waals surface area contributed by atoms with Gasteiger partial charge in [-0.2, -0.15) is 9.78 Å². The van der Waals surface area contributed by atoms with Gasteiger partial charge in [0.2, 0.25) is 5.13 Å². The summed E-state index contributed by atoms with van der Waals surface area (Å²) in [5, 5.41) is 20.3. The summed E-state index contributed by atoms with van der Waals surface area (Å²) in [7, 11) is 0. The second kappa shape index (κ2) is 9.13. The fourth-order valence-corrected chi connectivity index (χ4v) is 6.54. The zero-order valence-corrected chi connectivity index (χ0v) is 21.6. The maximum atomic E-state index is 12.4. The molecule has 4 aromatic rings. The molecule has 3 heterocycles. The van der Waals surface area contributed by atoms with Crippen LogP contribution in [-0.2, 0) is 0 Å². The van der Waals surface area contributed by atoms with Crippen LogP contribution in [0.4, 0.5) is 0 Å². The molecule has 3 aromatic heterocycles. The summed E-state index contributed by atoms with van der Waals surface area (Å²) < 4.78 is 7.66. The van der Waals surface area contributed by atoms with E-state index in [1.165, 1.54) is 16.0 Å². The van der Waals surface area contributed by atoms with Crippen LogP contribution in [0.5, 0.6) is 0 Å². The summed E-state index contributed by atoms with van der Waals surface area (Å²) >= 11 is 15.4. The first-order valence-corrected chi connectivity index (χ1v) is 12.4. The van der Waals surface area contributed by atoms with Gasteiger partial charge in [0, 0.05) is 20.9 Å². The number of aromatic nitrogens is 4. The highest BCUT2D eigenvalue weighted by molar-refractivity contribution is 8.01. The molecule has 1 aromatic carbocycles. The smallest absolute Gasteiger partial charge is 0.355 e. The molecule has 11 heteroatoms.